The van der Waals surface area contributed by atoms with Gasteiger partial charge in [0.2, 0.25) is 5.91 Å². The van der Waals surface area contributed by atoms with Crippen LogP contribution in [-0.4, -0.2) is 18.5 Å². The van der Waals surface area contributed by atoms with E-state index in [1.54, 1.807) is 12.1 Å². The van der Waals surface area contributed by atoms with Crippen molar-refractivity contribution in [3.05, 3.63) is 29.6 Å². The lowest BCUT2D eigenvalue weighted by Gasteiger charge is -2.07. The van der Waals surface area contributed by atoms with Gasteiger partial charge >= 0.3 is 0 Å². The van der Waals surface area contributed by atoms with Gasteiger partial charge in [-0.3, -0.25) is 4.79 Å². The molecule has 16 heavy (non-hydrogen) atoms. The van der Waals surface area contributed by atoms with Crippen molar-refractivity contribution in [3.8, 4) is 0 Å². The summed E-state index contributed by atoms with van der Waals surface area (Å²) >= 11 is 0. The van der Waals surface area contributed by atoms with E-state index in [0.29, 0.717) is 6.04 Å². The molecule has 1 aromatic rings. The van der Waals surface area contributed by atoms with Crippen LogP contribution in [0, 0.1) is 12.7 Å². The normalized spacial score (nSPS) is 14.9. The lowest BCUT2D eigenvalue weighted by atomic mass is 10.2. The van der Waals surface area contributed by atoms with Crippen LogP contribution >= 0.6 is 0 Å². The maximum atomic E-state index is 13.3. The van der Waals surface area contributed by atoms with E-state index in [1.165, 1.54) is 6.07 Å². The average Bonchev–Trinajstić information content (AvgIpc) is 3.04. The van der Waals surface area contributed by atoms with Crippen LogP contribution in [0.5, 0.6) is 0 Å². The van der Waals surface area contributed by atoms with Crippen molar-refractivity contribution in [2.75, 3.05) is 11.9 Å². The Morgan fingerprint density at radius 1 is 1.50 bits per heavy atom. The molecule has 2 N–H and O–H groups in total. The summed E-state index contributed by atoms with van der Waals surface area (Å²) in [5.74, 6) is -0.596. The van der Waals surface area contributed by atoms with Crippen molar-refractivity contribution >= 4 is 11.6 Å². The summed E-state index contributed by atoms with van der Waals surface area (Å²) in [7, 11) is 0. The molecule has 1 aliphatic rings. The van der Waals surface area contributed by atoms with Crippen molar-refractivity contribution in [1.29, 1.82) is 0 Å². The maximum absolute atomic E-state index is 13.3. The Bertz CT molecular complexity index is 402. The SMILES string of the molecule is Cc1ccc(F)c(NC(=O)CNC2CC2)c1. The number of hydrogen-bond acceptors (Lipinski definition) is 2. The van der Waals surface area contributed by atoms with E-state index in [0.717, 1.165) is 18.4 Å². The number of amides is 1. The number of hydrogen-bond donors (Lipinski definition) is 2. The molecular weight excluding hydrogens is 207 g/mol. The van der Waals surface area contributed by atoms with Crippen molar-refractivity contribution in [2.45, 2.75) is 25.8 Å². The smallest absolute Gasteiger partial charge is 0.238 e. The van der Waals surface area contributed by atoms with E-state index in [9.17, 15) is 9.18 Å². The van der Waals surface area contributed by atoms with E-state index in [-0.39, 0.29) is 18.1 Å². The molecule has 1 aliphatic carbocycles. The zero-order chi connectivity index (χ0) is 11.5. The van der Waals surface area contributed by atoms with E-state index in [1.807, 2.05) is 6.92 Å². The molecule has 0 heterocycles. The second-order valence-electron chi connectivity index (χ2n) is 4.19. The van der Waals surface area contributed by atoms with Gasteiger partial charge in [-0.05, 0) is 37.5 Å². The van der Waals surface area contributed by atoms with Gasteiger partial charge in [0.15, 0.2) is 0 Å². The lowest BCUT2D eigenvalue weighted by molar-refractivity contribution is -0.115. The van der Waals surface area contributed by atoms with Gasteiger partial charge in [0.1, 0.15) is 5.82 Å². The Morgan fingerprint density at radius 3 is 2.94 bits per heavy atom. The second kappa shape index (κ2) is 4.61. The first-order valence-electron chi connectivity index (χ1n) is 5.44. The maximum Gasteiger partial charge on any atom is 0.238 e. The van der Waals surface area contributed by atoms with Gasteiger partial charge in [0, 0.05) is 6.04 Å². The molecule has 1 aromatic carbocycles. The zero-order valence-corrected chi connectivity index (χ0v) is 9.22. The van der Waals surface area contributed by atoms with Crippen molar-refractivity contribution in [3.63, 3.8) is 0 Å². The minimum absolute atomic E-state index is 0.198. The summed E-state index contributed by atoms with van der Waals surface area (Å²) in [4.78, 5) is 11.5. The monoisotopic (exact) mass is 222 g/mol. The molecule has 1 fully saturated rings. The molecule has 1 saturated carbocycles. The molecule has 0 radical (unpaired) electrons. The molecule has 0 atom stereocenters. The summed E-state index contributed by atoms with van der Waals surface area (Å²) in [6.45, 7) is 2.11. The van der Waals surface area contributed by atoms with Gasteiger partial charge in [-0.1, -0.05) is 6.07 Å². The largest absolute Gasteiger partial charge is 0.322 e. The molecule has 0 saturated heterocycles. The topological polar surface area (TPSA) is 41.1 Å². The van der Waals surface area contributed by atoms with Gasteiger partial charge in [0.25, 0.3) is 0 Å². The predicted molar refractivity (Wildman–Crippen MR) is 60.8 cm³/mol. The van der Waals surface area contributed by atoms with Crippen LogP contribution in [-0.2, 0) is 4.79 Å². The summed E-state index contributed by atoms with van der Waals surface area (Å²) in [5, 5.41) is 5.63. The summed E-state index contributed by atoms with van der Waals surface area (Å²) < 4.78 is 13.3. The van der Waals surface area contributed by atoms with Gasteiger partial charge in [-0.2, -0.15) is 0 Å². The fourth-order valence-electron chi connectivity index (χ4n) is 1.45. The van der Waals surface area contributed by atoms with Crippen LogP contribution in [0.15, 0.2) is 18.2 Å². The highest BCUT2D eigenvalue weighted by molar-refractivity contribution is 5.92. The van der Waals surface area contributed by atoms with E-state index in [4.69, 9.17) is 0 Å². The summed E-state index contributed by atoms with van der Waals surface area (Å²) in [5.41, 5.74) is 1.18. The summed E-state index contributed by atoms with van der Waals surface area (Å²) in [6.07, 6.45) is 2.26. The highest BCUT2D eigenvalue weighted by Crippen LogP contribution is 2.18. The number of halogens is 1. The number of rotatable bonds is 4. The van der Waals surface area contributed by atoms with Crippen LogP contribution < -0.4 is 10.6 Å². The molecule has 4 heteroatoms. The van der Waals surface area contributed by atoms with Gasteiger partial charge in [-0.15, -0.1) is 0 Å². The Hall–Kier alpha value is -1.42. The first kappa shape index (κ1) is 11.1. The van der Waals surface area contributed by atoms with Gasteiger partial charge in [-0.25, -0.2) is 4.39 Å². The predicted octanol–water partition coefficient (Wildman–Crippen LogP) is 1.82. The molecule has 0 spiro atoms. The third kappa shape index (κ3) is 3.03. The number of carbonyl (C=O) groups excluding carboxylic acids is 1. The fourth-order valence-corrected chi connectivity index (χ4v) is 1.45. The van der Waals surface area contributed by atoms with E-state index >= 15 is 0 Å². The number of nitrogens with one attached hydrogen (secondary N) is 2. The van der Waals surface area contributed by atoms with Gasteiger partial charge in [0.05, 0.1) is 12.2 Å². The number of anilines is 1. The molecule has 2 rings (SSSR count). The number of aryl methyl sites for hydroxylation is 1. The molecule has 0 unspecified atom stereocenters. The molecule has 0 aliphatic heterocycles. The van der Waals surface area contributed by atoms with E-state index < -0.39 is 5.82 Å². The molecule has 1 amide bonds. The minimum atomic E-state index is -0.398. The minimum Gasteiger partial charge on any atom is -0.322 e. The average molecular weight is 222 g/mol. The van der Waals surface area contributed by atoms with Crippen molar-refractivity contribution in [2.24, 2.45) is 0 Å². The van der Waals surface area contributed by atoms with Crippen LogP contribution in [0.4, 0.5) is 10.1 Å². The number of benzene rings is 1. The standard InChI is InChI=1S/C12H15FN2O/c1-8-2-5-10(13)11(6-8)15-12(16)7-14-9-3-4-9/h2,5-6,9,14H,3-4,7H2,1H3,(H,15,16). The van der Waals surface area contributed by atoms with Crippen molar-refractivity contribution < 1.29 is 9.18 Å². The van der Waals surface area contributed by atoms with Gasteiger partial charge < -0.3 is 10.6 Å². The Labute approximate surface area is 94.0 Å². The first-order chi connectivity index (χ1) is 7.65. The third-order valence-electron chi connectivity index (χ3n) is 2.52. The van der Waals surface area contributed by atoms with E-state index in [2.05, 4.69) is 10.6 Å². The van der Waals surface area contributed by atoms with Crippen LogP contribution in [0.3, 0.4) is 0 Å². The van der Waals surface area contributed by atoms with Crippen LogP contribution in [0.2, 0.25) is 0 Å². The second-order valence-corrected chi connectivity index (χ2v) is 4.19. The molecule has 0 bridgehead atoms. The summed E-state index contributed by atoms with van der Waals surface area (Å²) in [6, 6.07) is 5.14. The Kier molecular flexibility index (Phi) is 3.19. The Morgan fingerprint density at radius 2 is 2.25 bits per heavy atom. The third-order valence-corrected chi connectivity index (χ3v) is 2.52. The van der Waals surface area contributed by atoms with Crippen LogP contribution in [0.25, 0.3) is 0 Å². The quantitative estimate of drug-likeness (QED) is 0.816. The molecule has 0 aromatic heterocycles. The molecular formula is C12H15FN2O. The lowest BCUT2D eigenvalue weighted by Crippen LogP contribution is -2.29. The number of carbonyl (C=O) groups is 1. The first-order valence-corrected chi connectivity index (χ1v) is 5.44. The zero-order valence-electron chi connectivity index (χ0n) is 9.22. The molecule has 86 valence electrons. The highest BCUT2D eigenvalue weighted by atomic mass is 19.1. The Balaban J connectivity index is 1.91. The molecule has 3 nitrogen and oxygen atoms in total. The highest BCUT2D eigenvalue weighted by Gasteiger charge is 2.21. The fraction of sp³-hybridized carbons (Fsp3) is 0.417. The van der Waals surface area contributed by atoms with Crippen molar-refractivity contribution in [1.82, 2.24) is 5.32 Å². The van der Waals surface area contributed by atoms with Crippen LogP contribution in [0.1, 0.15) is 18.4 Å².